The Hall–Kier alpha value is -2.21. The van der Waals surface area contributed by atoms with E-state index in [9.17, 15) is 4.79 Å². The topological polar surface area (TPSA) is 83.0 Å². The molecule has 2 rings (SSSR count). The van der Waals surface area contributed by atoms with Crippen LogP contribution in [0.3, 0.4) is 0 Å². The van der Waals surface area contributed by atoms with E-state index < -0.39 is 0 Å². The second kappa shape index (κ2) is 6.10. The first-order chi connectivity index (χ1) is 9.22. The van der Waals surface area contributed by atoms with Gasteiger partial charge in [0.05, 0.1) is 18.5 Å². The highest BCUT2D eigenvalue weighted by Crippen LogP contribution is 2.14. The van der Waals surface area contributed by atoms with Crippen LogP contribution in [0.1, 0.15) is 23.0 Å². The number of hydrogen-bond donors (Lipinski definition) is 1. The predicted molar refractivity (Wildman–Crippen MR) is 69.9 cm³/mol. The molecule has 0 aliphatic rings. The summed E-state index contributed by atoms with van der Waals surface area (Å²) in [6, 6.07) is 7.10. The van der Waals surface area contributed by atoms with Crippen molar-refractivity contribution in [3.05, 3.63) is 41.7 Å². The van der Waals surface area contributed by atoms with E-state index in [0.29, 0.717) is 30.2 Å². The van der Waals surface area contributed by atoms with Crippen LogP contribution < -0.4 is 10.5 Å². The van der Waals surface area contributed by atoms with Crippen LogP contribution in [-0.2, 0) is 13.1 Å². The molecule has 1 aromatic carbocycles. The van der Waals surface area contributed by atoms with Crippen LogP contribution in [0.25, 0.3) is 0 Å². The van der Waals surface area contributed by atoms with E-state index in [2.05, 4.69) is 10.3 Å². The number of aromatic nitrogens is 3. The Labute approximate surface area is 111 Å². The SMILES string of the molecule is CCOc1cccc(C(=O)Cn2cc(CN)nn2)c1. The second-order valence-electron chi connectivity index (χ2n) is 4.00. The van der Waals surface area contributed by atoms with Crippen LogP contribution in [0.2, 0.25) is 0 Å². The molecule has 0 radical (unpaired) electrons. The van der Waals surface area contributed by atoms with Gasteiger partial charge in [-0.05, 0) is 19.1 Å². The van der Waals surface area contributed by atoms with Gasteiger partial charge in [-0.15, -0.1) is 5.10 Å². The zero-order chi connectivity index (χ0) is 13.7. The molecule has 19 heavy (non-hydrogen) atoms. The van der Waals surface area contributed by atoms with Crippen molar-refractivity contribution >= 4 is 5.78 Å². The molecule has 0 fully saturated rings. The number of carbonyl (C=O) groups is 1. The van der Waals surface area contributed by atoms with Gasteiger partial charge in [0.2, 0.25) is 0 Å². The molecular formula is C13H16N4O2. The van der Waals surface area contributed by atoms with Crippen LogP contribution in [0.15, 0.2) is 30.5 Å². The number of nitrogens with zero attached hydrogens (tertiary/aromatic N) is 3. The minimum absolute atomic E-state index is 0.0463. The highest BCUT2D eigenvalue weighted by atomic mass is 16.5. The first kappa shape index (κ1) is 13.2. The Morgan fingerprint density at radius 2 is 2.32 bits per heavy atom. The molecule has 2 aromatic rings. The van der Waals surface area contributed by atoms with Gasteiger partial charge in [-0.2, -0.15) is 0 Å². The summed E-state index contributed by atoms with van der Waals surface area (Å²) < 4.78 is 6.85. The van der Waals surface area contributed by atoms with Gasteiger partial charge in [-0.25, -0.2) is 4.68 Å². The summed E-state index contributed by atoms with van der Waals surface area (Å²) in [5.74, 6) is 0.643. The van der Waals surface area contributed by atoms with Gasteiger partial charge in [0.25, 0.3) is 0 Å². The van der Waals surface area contributed by atoms with E-state index in [0.717, 1.165) is 0 Å². The molecule has 2 N–H and O–H groups in total. The smallest absolute Gasteiger partial charge is 0.184 e. The van der Waals surface area contributed by atoms with E-state index in [1.165, 1.54) is 4.68 Å². The number of ketones is 1. The van der Waals surface area contributed by atoms with E-state index in [4.69, 9.17) is 10.5 Å². The van der Waals surface area contributed by atoms with Gasteiger partial charge < -0.3 is 10.5 Å². The largest absolute Gasteiger partial charge is 0.494 e. The Bertz CT molecular complexity index is 565. The summed E-state index contributed by atoms with van der Waals surface area (Å²) in [6.45, 7) is 2.93. The fraction of sp³-hybridized carbons (Fsp3) is 0.308. The number of carbonyl (C=O) groups excluding carboxylic acids is 1. The number of Topliss-reactive ketones (excluding diaryl/α,β-unsaturated/α-hetero) is 1. The molecule has 1 heterocycles. The highest BCUT2D eigenvalue weighted by Gasteiger charge is 2.09. The van der Waals surface area contributed by atoms with Crippen molar-refractivity contribution in [3.8, 4) is 5.75 Å². The maximum Gasteiger partial charge on any atom is 0.184 e. The number of rotatable bonds is 6. The number of ether oxygens (including phenoxy) is 1. The molecule has 1 aromatic heterocycles. The van der Waals surface area contributed by atoms with E-state index >= 15 is 0 Å². The minimum atomic E-state index is -0.0463. The number of hydrogen-bond acceptors (Lipinski definition) is 5. The minimum Gasteiger partial charge on any atom is -0.494 e. The average molecular weight is 260 g/mol. The maximum atomic E-state index is 12.1. The lowest BCUT2D eigenvalue weighted by Crippen LogP contribution is -2.11. The molecule has 0 unspecified atom stereocenters. The van der Waals surface area contributed by atoms with Gasteiger partial charge in [-0.3, -0.25) is 4.79 Å². The van der Waals surface area contributed by atoms with Crippen LogP contribution in [0, 0.1) is 0 Å². The summed E-state index contributed by atoms with van der Waals surface area (Å²) in [4.78, 5) is 12.1. The number of benzene rings is 1. The first-order valence-electron chi connectivity index (χ1n) is 6.08. The average Bonchev–Trinajstić information content (AvgIpc) is 2.87. The molecule has 0 atom stereocenters. The van der Waals surface area contributed by atoms with Gasteiger partial charge in [0, 0.05) is 12.1 Å². The Kier molecular flexibility index (Phi) is 4.25. The van der Waals surface area contributed by atoms with Crippen molar-refractivity contribution < 1.29 is 9.53 Å². The fourth-order valence-electron chi connectivity index (χ4n) is 1.67. The summed E-state index contributed by atoms with van der Waals surface area (Å²) in [6.07, 6.45) is 1.67. The van der Waals surface area contributed by atoms with Crippen LogP contribution in [0.4, 0.5) is 0 Å². The molecule has 0 aliphatic heterocycles. The third-order valence-electron chi connectivity index (χ3n) is 2.57. The van der Waals surface area contributed by atoms with Gasteiger partial charge in [0.15, 0.2) is 5.78 Å². The molecule has 0 amide bonds. The summed E-state index contributed by atoms with van der Waals surface area (Å²) in [5, 5.41) is 7.69. The quantitative estimate of drug-likeness (QED) is 0.784. The zero-order valence-electron chi connectivity index (χ0n) is 10.7. The summed E-state index contributed by atoms with van der Waals surface area (Å²) in [5.41, 5.74) is 6.70. The molecule has 0 spiro atoms. The van der Waals surface area contributed by atoms with Gasteiger partial charge >= 0.3 is 0 Å². The molecule has 0 saturated carbocycles. The molecule has 100 valence electrons. The van der Waals surface area contributed by atoms with E-state index in [1.807, 2.05) is 13.0 Å². The third-order valence-corrected chi connectivity index (χ3v) is 2.57. The predicted octanol–water partition coefficient (Wildman–Crippen LogP) is 1.02. The number of nitrogens with two attached hydrogens (primary N) is 1. The maximum absolute atomic E-state index is 12.1. The normalized spacial score (nSPS) is 10.4. The lowest BCUT2D eigenvalue weighted by atomic mass is 10.1. The van der Waals surface area contributed by atoms with Crippen LogP contribution in [0.5, 0.6) is 5.75 Å². The van der Waals surface area contributed by atoms with Gasteiger partial charge in [0.1, 0.15) is 12.3 Å². The molecular weight excluding hydrogens is 244 g/mol. The second-order valence-corrected chi connectivity index (χ2v) is 4.00. The zero-order valence-corrected chi connectivity index (χ0v) is 10.7. The summed E-state index contributed by atoms with van der Waals surface area (Å²) >= 11 is 0. The standard InChI is InChI=1S/C13H16N4O2/c1-2-19-12-5-3-4-10(6-12)13(18)9-17-8-11(7-14)15-16-17/h3-6,8H,2,7,9,14H2,1H3. The molecule has 6 heteroatoms. The molecule has 0 aliphatic carbocycles. The molecule has 0 bridgehead atoms. The van der Waals surface area contributed by atoms with Crippen LogP contribution >= 0.6 is 0 Å². The van der Waals surface area contributed by atoms with Crippen molar-refractivity contribution in [1.29, 1.82) is 0 Å². The highest BCUT2D eigenvalue weighted by molar-refractivity contribution is 5.96. The van der Waals surface area contributed by atoms with Crippen molar-refractivity contribution in [2.24, 2.45) is 5.73 Å². The fourth-order valence-corrected chi connectivity index (χ4v) is 1.67. The monoisotopic (exact) mass is 260 g/mol. The van der Waals surface area contributed by atoms with Crippen molar-refractivity contribution in [2.75, 3.05) is 6.61 Å². The molecule has 0 saturated heterocycles. The molecule has 6 nitrogen and oxygen atoms in total. The van der Waals surface area contributed by atoms with Crippen LogP contribution in [-0.4, -0.2) is 27.4 Å². The lowest BCUT2D eigenvalue weighted by molar-refractivity contribution is 0.0966. The first-order valence-corrected chi connectivity index (χ1v) is 6.08. The Morgan fingerprint density at radius 1 is 1.47 bits per heavy atom. The third kappa shape index (κ3) is 3.38. The van der Waals surface area contributed by atoms with Crippen molar-refractivity contribution in [2.45, 2.75) is 20.0 Å². The summed E-state index contributed by atoms with van der Waals surface area (Å²) in [7, 11) is 0. The van der Waals surface area contributed by atoms with Crippen molar-refractivity contribution in [3.63, 3.8) is 0 Å². The van der Waals surface area contributed by atoms with Crippen molar-refractivity contribution in [1.82, 2.24) is 15.0 Å². The van der Waals surface area contributed by atoms with E-state index in [1.54, 1.807) is 24.4 Å². The Balaban J connectivity index is 2.08. The van der Waals surface area contributed by atoms with E-state index in [-0.39, 0.29) is 12.3 Å². The Morgan fingerprint density at radius 3 is 3.00 bits per heavy atom. The lowest BCUT2D eigenvalue weighted by Gasteiger charge is -2.05. The van der Waals surface area contributed by atoms with Gasteiger partial charge in [-0.1, -0.05) is 17.3 Å².